The van der Waals surface area contributed by atoms with Crippen molar-refractivity contribution in [2.24, 2.45) is 0 Å². The van der Waals surface area contributed by atoms with E-state index < -0.39 is 18.7 Å². The summed E-state index contributed by atoms with van der Waals surface area (Å²) in [5.41, 5.74) is 0.598. The summed E-state index contributed by atoms with van der Waals surface area (Å²) >= 11 is 0. The molecule has 0 aliphatic rings. The molecule has 0 saturated carbocycles. The third-order valence-corrected chi connectivity index (χ3v) is 2.14. The van der Waals surface area contributed by atoms with Crippen LogP contribution in [-0.4, -0.2) is 31.5 Å². The summed E-state index contributed by atoms with van der Waals surface area (Å²) < 4.78 is 32.9. The fourth-order valence-electron chi connectivity index (χ4n) is 1.42. The number of methoxy groups -OCH3 is 1. The summed E-state index contributed by atoms with van der Waals surface area (Å²) in [6, 6.07) is 5.11. The lowest BCUT2D eigenvalue weighted by Gasteiger charge is -2.16. The molecule has 1 atom stereocenters. The van der Waals surface area contributed by atoms with Gasteiger partial charge in [0.15, 0.2) is 0 Å². The summed E-state index contributed by atoms with van der Waals surface area (Å²) in [6.45, 7) is -2.75. The van der Waals surface area contributed by atoms with Gasteiger partial charge in [-0.1, -0.05) is 12.1 Å². The van der Waals surface area contributed by atoms with Gasteiger partial charge in [0.2, 0.25) is 0 Å². The van der Waals surface area contributed by atoms with Crippen molar-refractivity contribution in [1.29, 1.82) is 0 Å². The third kappa shape index (κ3) is 4.54. The minimum absolute atomic E-state index is 0.0141. The first-order chi connectivity index (χ1) is 8.52. The normalized spacial score (nSPS) is 12.2. The smallest absolute Gasteiger partial charge is 0.405 e. The molecule has 7 heteroatoms. The highest BCUT2D eigenvalue weighted by molar-refractivity contribution is 5.65. The summed E-state index contributed by atoms with van der Waals surface area (Å²) in [4.78, 5) is 10.6. The van der Waals surface area contributed by atoms with Crippen LogP contribution in [-0.2, 0) is 4.74 Å². The maximum absolute atomic E-state index is 11.9. The molecule has 0 aliphatic heterocycles. The third-order valence-electron chi connectivity index (χ3n) is 2.14. The first-order valence-electron chi connectivity index (χ1n) is 5.06. The second kappa shape index (κ2) is 6.75. The Hall–Kier alpha value is -1.89. The van der Waals surface area contributed by atoms with Crippen LogP contribution >= 0.6 is 0 Å². The second-order valence-corrected chi connectivity index (χ2v) is 3.40. The Morgan fingerprint density at radius 2 is 2.00 bits per heavy atom. The Balaban J connectivity index is 2.76. The van der Waals surface area contributed by atoms with Crippen LogP contribution in [0.2, 0.25) is 0 Å². The summed E-state index contributed by atoms with van der Waals surface area (Å²) in [5, 5.41) is 10.9. The minimum atomic E-state index is -2.89. The van der Waals surface area contributed by atoms with Crippen LogP contribution in [0.25, 0.3) is 0 Å². The Morgan fingerprint density at radius 1 is 1.39 bits per heavy atom. The van der Waals surface area contributed by atoms with Gasteiger partial charge in [-0.3, -0.25) is 0 Å². The van der Waals surface area contributed by atoms with Gasteiger partial charge in [-0.05, 0) is 17.7 Å². The van der Waals surface area contributed by atoms with Gasteiger partial charge >= 0.3 is 12.7 Å². The van der Waals surface area contributed by atoms with Crippen molar-refractivity contribution >= 4 is 6.09 Å². The number of benzene rings is 1. The van der Waals surface area contributed by atoms with Gasteiger partial charge in [-0.25, -0.2) is 4.79 Å². The predicted molar refractivity (Wildman–Crippen MR) is 58.9 cm³/mol. The number of amides is 1. The molecule has 100 valence electrons. The van der Waals surface area contributed by atoms with Crippen LogP contribution in [0, 0.1) is 0 Å². The number of hydrogen-bond acceptors (Lipinski definition) is 3. The Bertz CT molecular complexity index is 383. The standard InChI is InChI=1S/C11H13F2NO4/c1-17-6-9(14-11(15)16)7-2-4-8(5-3-7)18-10(12)13/h2-5,9-10,14H,6H2,1H3,(H,15,16). The molecule has 0 aromatic heterocycles. The van der Waals surface area contributed by atoms with Gasteiger partial charge in [0.25, 0.3) is 0 Å². The van der Waals surface area contributed by atoms with Crippen molar-refractivity contribution in [3.05, 3.63) is 29.8 Å². The van der Waals surface area contributed by atoms with Gasteiger partial charge in [0.05, 0.1) is 12.6 Å². The van der Waals surface area contributed by atoms with E-state index in [1.165, 1.54) is 31.4 Å². The molecule has 0 fully saturated rings. The van der Waals surface area contributed by atoms with Crippen LogP contribution in [0.3, 0.4) is 0 Å². The summed E-state index contributed by atoms with van der Waals surface area (Å²) in [7, 11) is 1.44. The molecule has 1 aromatic carbocycles. The zero-order valence-electron chi connectivity index (χ0n) is 9.60. The van der Waals surface area contributed by atoms with Crippen molar-refractivity contribution < 1.29 is 28.2 Å². The zero-order chi connectivity index (χ0) is 13.5. The second-order valence-electron chi connectivity index (χ2n) is 3.40. The van der Waals surface area contributed by atoms with E-state index in [1.807, 2.05) is 0 Å². The molecule has 0 heterocycles. The molecular weight excluding hydrogens is 248 g/mol. The average molecular weight is 261 g/mol. The number of carbonyl (C=O) groups is 1. The van der Waals surface area contributed by atoms with E-state index in [4.69, 9.17) is 9.84 Å². The minimum Gasteiger partial charge on any atom is -0.465 e. The highest BCUT2D eigenvalue weighted by Crippen LogP contribution is 2.19. The Labute approximate surface area is 102 Å². The van der Waals surface area contributed by atoms with Crippen molar-refractivity contribution in [2.45, 2.75) is 12.7 Å². The van der Waals surface area contributed by atoms with Crippen molar-refractivity contribution in [3.8, 4) is 5.75 Å². The lowest BCUT2D eigenvalue weighted by Crippen LogP contribution is -2.29. The molecule has 18 heavy (non-hydrogen) atoms. The molecule has 1 unspecified atom stereocenters. The van der Waals surface area contributed by atoms with Crippen molar-refractivity contribution in [2.75, 3.05) is 13.7 Å². The summed E-state index contributed by atoms with van der Waals surface area (Å²) in [5.74, 6) is 0.0141. The largest absolute Gasteiger partial charge is 0.465 e. The number of nitrogens with one attached hydrogen (secondary N) is 1. The number of rotatable bonds is 6. The van der Waals surface area contributed by atoms with E-state index in [-0.39, 0.29) is 12.4 Å². The van der Waals surface area contributed by atoms with Gasteiger partial charge in [0, 0.05) is 7.11 Å². The van der Waals surface area contributed by atoms with Crippen LogP contribution < -0.4 is 10.1 Å². The number of alkyl halides is 2. The maximum Gasteiger partial charge on any atom is 0.405 e. The van der Waals surface area contributed by atoms with Crippen LogP contribution in [0.4, 0.5) is 13.6 Å². The zero-order valence-corrected chi connectivity index (χ0v) is 9.60. The lowest BCUT2D eigenvalue weighted by atomic mass is 10.1. The van der Waals surface area contributed by atoms with Gasteiger partial charge < -0.3 is 19.9 Å². The molecule has 1 rings (SSSR count). The number of ether oxygens (including phenoxy) is 2. The molecule has 0 radical (unpaired) electrons. The molecule has 2 N–H and O–H groups in total. The van der Waals surface area contributed by atoms with E-state index in [1.54, 1.807) is 0 Å². The highest BCUT2D eigenvalue weighted by Gasteiger charge is 2.14. The van der Waals surface area contributed by atoms with Crippen LogP contribution in [0.1, 0.15) is 11.6 Å². The van der Waals surface area contributed by atoms with Gasteiger partial charge in [-0.15, -0.1) is 0 Å². The Morgan fingerprint density at radius 3 is 2.44 bits per heavy atom. The fourth-order valence-corrected chi connectivity index (χ4v) is 1.42. The lowest BCUT2D eigenvalue weighted by molar-refractivity contribution is -0.0498. The van der Waals surface area contributed by atoms with E-state index >= 15 is 0 Å². The SMILES string of the molecule is COCC(NC(=O)O)c1ccc(OC(F)F)cc1. The van der Waals surface area contributed by atoms with Crippen molar-refractivity contribution in [1.82, 2.24) is 5.32 Å². The summed E-state index contributed by atoms with van der Waals surface area (Å²) in [6.07, 6.45) is -1.19. The average Bonchev–Trinajstić information content (AvgIpc) is 2.28. The molecular formula is C11H13F2NO4. The molecule has 0 spiro atoms. The quantitative estimate of drug-likeness (QED) is 0.824. The number of hydrogen-bond donors (Lipinski definition) is 2. The molecule has 1 aromatic rings. The van der Waals surface area contributed by atoms with Gasteiger partial charge in [0.1, 0.15) is 5.75 Å². The van der Waals surface area contributed by atoms with E-state index in [2.05, 4.69) is 10.1 Å². The first kappa shape index (κ1) is 14.2. The van der Waals surface area contributed by atoms with E-state index in [9.17, 15) is 13.6 Å². The van der Waals surface area contributed by atoms with Gasteiger partial charge in [-0.2, -0.15) is 8.78 Å². The van der Waals surface area contributed by atoms with Crippen LogP contribution in [0.5, 0.6) is 5.75 Å². The fraction of sp³-hybridized carbons (Fsp3) is 0.364. The Kier molecular flexibility index (Phi) is 5.31. The maximum atomic E-state index is 11.9. The van der Waals surface area contributed by atoms with Crippen LogP contribution in [0.15, 0.2) is 24.3 Å². The molecule has 0 bridgehead atoms. The number of halogens is 2. The molecule has 0 aliphatic carbocycles. The highest BCUT2D eigenvalue weighted by atomic mass is 19.3. The van der Waals surface area contributed by atoms with E-state index in [0.29, 0.717) is 5.56 Å². The van der Waals surface area contributed by atoms with Crippen molar-refractivity contribution in [3.63, 3.8) is 0 Å². The first-order valence-corrected chi connectivity index (χ1v) is 5.06. The molecule has 5 nitrogen and oxygen atoms in total. The molecule has 1 amide bonds. The predicted octanol–water partition coefficient (Wildman–Crippen LogP) is 2.24. The number of carboxylic acid groups (broad SMARTS) is 1. The molecule has 0 saturated heterocycles. The monoisotopic (exact) mass is 261 g/mol. The topological polar surface area (TPSA) is 67.8 Å². The van der Waals surface area contributed by atoms with E-state index in [0.717, 1.165) is 0 Å².